The number of pyridine rings is 1. The van der Waals surface area contributed by atoms with Crippen molar-refractivity contribution in [3.63, 3.8) is 0 Å². The Balaban J connectivity index is 1.93. The summed E-state index contributed by atoms with van der Waals surface area (Å²) < 4.78 is 9.86. The Kier molecular flexibility index (Phi) is 1.44. The van der Waals surface area contributed by atoms with Crippen molar-refractivity contribution in [1.82, 2.24) is 19.4 Å². The first kappa shape index (κ1) is 9.21. The van der Waals surface area contributed by atoms with Crippen molar-refractivity contribution in [2.75, 3.05) is 0 Å². The molecule has 0 N–H and O–H groups in total. The minimum absolute atomic E-state index is 0.717. The quantitative estimate of drug-likeness (QED) is 0.387. The van der Waals surface area contributed by atoms with Gasteiger partial charge in [-0.05, 0) is 11.1 Å². The van der Waals surface area contributed by atoms with Crippen LogP contribution in [-0.4, -0.2) is 19.4 Å². The normalized spacial score (nSPS) is 13.1. The zero-order valence-corrected chi connectivity index (χ0v) is 9.82. The molecular weight excluding hydrogens is 242 g/mol. The molecule has 0 spiro atoms. The fourth-order valence-electron chi connectivity index (χ4n) is 2.63. The van der Waals surface area contributed by atoms with Gasteiger partial charge in [0.05, 0.1) is 0 Å². The molecule has 0 fully saturated rings. The van der Waals surface area contributed by atoms with E-state index in [1.54, 1.807) is 18.7 Å². The number of imidazole rings is 1. The molecule has 0 amide bonds. The Labute approximate surface area is 107 Å². The summed E-state index contributed by atoms with van der Waals surface area (Å²) in [5.41, 5.74) is 4.45. The lowest BCUT2D eigenvalue weighted by Crippen LogP contribution is -2.30. The van der Waals surface area contributed by atoms with Gasteiger partial charge in [0.2, 0.25) is 0 Å². The smallest absolute Gasteiger partial charge is 0.390 e. The van der Waals surface area contributed by atoms with Crippen LogP contribution in [0.4, 0.5) is 0 Å². The molecule has 6 nitrogen and oxygen atoms in total. The number of fused-ring (bicyclic) bond motifs is 7. The maximum absolute atomic E-state index is 5.95. The fourth-order valence-corrected chi connectivity index (χ4v) is 2.63. The van der Waals surface area contributed by atoms with Crippen LogP contribution in [0.3, 0.4) is 0 Å². The van der Waals surface area contributed by atoms with E-state index in [0.717, 1.165) is 35.1 Å². The standard InChI is InChI=1S/C13H8N5O/c1-2-8-6-17-11-13(19-12(17)10(8)15-4-1)18-7-14-5-3-9(18)16-11/h1-5,7H,6H2/q+1. The van der Waals surface area contributed by atoms with Crippen LogP contribution in [0.15, 0.2) is 41.3 Å². The SMILES string of the molecule is c1cnc2c(c1)C[n+]1c-2oc2c1nc1ccncn12. The van der Waals surface area contributed by atoms with Gasteiger partial charge in [0.25, 0.3) is 5.65 Å². The van der Waals surface area contributed by atoms with Crippen molar-refractivity contribution in [2.24, 2.45) is 0 Å². The van der Waals surface area contributed by atoms with Crippen LogP contribution in [0.1, 0.15) is 5.56 Å². The van der Waals surface area contributed by atoms with Crippen molar-refractivity contribution in [2.45, 2.75) is 6.54 Å². The van der Waals surface area contributed by atoms with Gasteiger partial charge in [0, 0.05) is 24.0 Å². The summed E-state index contributed by atoms with van der Waals surface area (Å²) in [4.78, 5) is 13.1. The predicted molar refractivity (Wildman–Crippen MR) is 65.3 cm³/mol. The highest BCUT2D eigenvalue weighted by Crippen LogP contribution is 2.29. The van der Waals surface area contributed by atoms with Crippen molar-refractivity contribution >= 4 is 17.0 Å². The lowest BCUT2D eigenvalue weighted by atomic mass is 10.2. The first-order chi connectivity index (χ1) is 9.42. The van der Waals surface area contributed by atoms with Crippen LogP contribution in [0.25, 0.3) is 28.6 Å². The molecule has 6 heteroatoms. The maximum Gasteiger partial charge on any atom is 0.390 e. The van der Waals surface area contributed by atoms with Gasteiger partial charge < -0.3 is 4.42 Å². The van der Waals surface area contributed by atoms with Crippen molar-refractivity contribution in [3.8, 4) is 11.6 Å². The van der Waals surface area contributed by atoms with Crippen molar-refractivity contribution in [3.05, 3.63) is 42.5 Å². The molecule has 4 aromatic rings. The highest BCUT2D eigenvalue weighted by molar-refractivity contribution is 5.71. The minimum atomic E-state index is 0.717. The van der Waals surface area contributed by atoms with E-state index in [1.165, 1.54) is 5.56 Å². The second kappa shape index (κ2) is 2.97. The molecule has 1 aliphatic rings. The molecule has 0 saturated heterocycles. The van der Waals surface area contributed by atoms with E-state index in [9.17, 15) is 0 Å². The average molecular weight is 250 g/mol. The molecule has 90 valence electrons. The highest BCUT2D eigenvalue weighted by Gasteiger charge is 2.34. The summed E-state index contributed by atoms with van der Waals surface area (Å²) >= 11 is 0. The van der Waals surface area contributed by atoms with Gasteiger partial charge in [-0.1, -0.05) is 6.07 Å². The molecule has 1 aliphatic heterocycles. The van der Waals surface area contributed by atoms with Crippen LogP contribution in [0.5, 0.6) is 0 Å². The van der Waals surface area contributed by atoms with Gasteiger partial charge in [-0.2, -0.15) is 4.57 Å². The lowest BCUT2D eigenvalue weighted by molar-refractivity contribution is -0.651. The van der Waals surface area contributed by atoms with E-state index in [-0.39, 0.29) is 0 Å². The Morgan fingerprint density at radius 1 is 1.26 bits per heavy atom. The molecule has 0 bridgehead atoms. The Morgan fingerprint density at radius 2 is 2.26 bits per heavy atom. The predicted octanol–water partition coefficient (Wildman–Crippen LogP) is 1.19. The molecule has 5 heterocycles. The molecule has 0 saturated carbocycles. The Morgan fingerprint density at radius 3 is 3.26 bits per heavy atom. The van der Waals surface area contributed by atoms with E-state index in [2.05, 4.69) is 25.6 Å². The summed E-state index contributed by atoms with van der Waals surface area (Å²) in [5.74, 6) is 0.770. The van der Waals surface area contributed by atoms with Crippen LogP contribution in [0, 0.1) is 0 Å². The third-order valence-corrected chi connectivity index (χ3v) is 3.49. The number of hydrogen-bond acceptors (Lipinski definition) is 4. The van der Waals surface area contributed by atoms with E-state index in [1.807, 2.05) is 16.5 Å². The number of oxazole rings is 1. The summed E-state index contributed by atoms with van der Waals surface area (Å²) in [6.07, 6.45) is 5.22. The maximum atomic E-state index is 5.95. The van der Waals surface area contributed by atoms with E-state index >= 15 is 0 Å². The van der Waals surface area contributed by atoms with E-state index in [4.69, 9.17) is 4.42 Å². The van der Waals surface area contributed by atoms with Crippen LogP contribution in [-0.2, 0) is 6.54 Å². The molecule has 4 aromatic heterocycles. The molecule has 0 aliphatic carbocycles. The summed E-state index contributed by atoms with van der Waals surface area (Å²) in [7, 11) is 0. The van der Waals surface area contributed by atoms with Gasteiger partial charge in [-0.3, -0.25) is 0 Å². The highest BCUT2D eigenvalue weighted by atomic mass is 16.4. The molecule has 0 radical (unpaired) electrons. The number of nitrogens with zero attached hydrogens (tertiary/aromatic N) is 5. The number of rotatable bonds is 0. The van der Waals surface area contributed by atoms with Crippen LogP contribution in [0.2, 0.25) is 0 Å². The average Bonchev–Trinajstić information content (AvgIpc) is 3.07. The van der Waals surface area contributed by atoms with Gasteiger partial charge in [-0.25, -0.2) is 14.4 Å². The van der Waals surface area contributed by atoms with E-state index < -0.39 is 0 Å². The van der Waals surface area contributed by atoms with Crippen LogP contribution >= 0.6 is 0 Å². The number of hydrogen-bond donors (Lipinski definition) is 0. The number of aromatic nitrogens is 5. The Hall–Kier alpha value is -2.76. The molecule has 0 aromatic carbocycles. The zero-order valence-electron chi connectivity index (χ0n) is 9.82. The van der Waals surface area contributed by atoms with Gasteiger partial charge >= 0.3 is 17.3 Å². The largest absolute Gasteiger partial charge is 0.395 e. The summed E-state index contributed by atoms with van der Waals surface area (Å²) in [6.45, 7) is 0.753. The second-order valence-electron chi connectivity index (χ2n) is 4.55. The van der Waals surface area contributed by atoms with Gasteiger partial charge in [0.1, 0.15) is 12.9 Å². The molecule has 0 atom stereocenters. The Bertz CT molecular complexity index is 952. The zero-order chi connectivity index (χ0) is 12.4. The first-order valence-electron chi connectivity index (χ1n) is 6.00. The third-order valence-electron chi connectivity index (χ3n) is 3.49. The second-order valence-corrected chi connectivity index (χ2v) is 4.55. The summed E-state index contributed by atoms with van der Waals surface area (Å²) in [5, 5.41) is 0. The topological polar surface area (TPSA) is 60.1 Å². The summed E-state index contributed by atoms with van der Waals surface area (Å²) in [6, 6.07) is 5.87. The first-order valence-corrected chi connectivity index (χ1v) is 6.00. The van der Waals surface area contributed by atoms with Crippen LogP contribution < -0.4 is 4.57 Å². The monoisotopic (exact) mass is 250 g/mol. The molecule has 5 rings (SSSR count). The molecule has 0 unspecified atom stereocenters. The molecular formula is C13H8N5O+. The third kappa shape index (κ3) is 1.02. The van der Waals surface area contributed by atoms with Gasteiger partial charge in [0.15, 0.2) is 5.69 Å². The van der Waals surface area contributed by atoms with Gasteiger partial charge in [-0.15, -0.1) is 0 Å². The lowest BCUT2D eigenvalue weighted by Gasteiger charge is -1.90. The van der Waals surface area contributed by atoms with Crippen molar-refractivity contribution in [1.29, 1.82) is 0 Å². The van der Waals surface area contributed by atoms with Crippen molar-refractivity contribution < 1.29 is 8.98 Å². The fraction of sp³-hybridized carbons (Fsp3) is 0.0769. The van der Waals surface area contributed by atoms with E-state index in [0.29, 0.717) is 0 Å². The minimum Gasteiger partial charge on any atom is -0.395 e. The molecule has 19 heavy (non-hydrogen) atoms.